The molecule has 1 saturated carbocycles. The van der Waals surface area contributed by atoms with E-state index in [2.05, 4.69) is 57.1 Å². The third-order valence-electron chi connectivity index (χ3n) is 19.4. The second kappa shape index (κ2) is 30.5. The Kier molecular flexibility index (Phi) is 21.6. The normalized spacial score (nSPS) is 20.6. The number of benzene rings is 4. The summed E-state index contributed by atoms with van der Waals surface area (Å²) in [5.41, 5.74) is 7.36. The van der Waals surface area contributed by atoms with Crippen LogP contribution < -0.4 is 39.8 Å². The molecule has 2 unspecified atom stereocenters. The number of nitrogens with one attached hydrogen (secondary N) is 3. The van der Waals surface area contributed by atoms with E-state index in [1.807, 2.05) is 44.6 Å². The number of imide groups is 1. The first-order valence-corrected chi connectivity index (χ1v) is 33.8. The van der Waals surface area contributed by atoms with E-state index in [-0.39, 0.29) is 79.0 Å². The molecule has 0 bridgehead atoms. The van der Waals surface area contributed by atoms with Gasteiger partial charge in [-0.3, -0.25) is 48.4 Å². The number of carbonyl (C=O) groups is 7. The van der Waals surface area contributed by atoms with Gasteiger partial charge in [0, 0.05) is 113 Å². The fraction of sp³-hybridized carbons (Fsp3) is 0.493. The molecule has 7 amide bonds. The molecule has 21 nitrogen and oxygen atoms in total. The number of likely N-dealkylation sites (tertiary alicyclic amines) is 1. The summed E-state index contributed by atoms with van der Waals surface area (Å²) in [6, 6.07) is 20.3. The molecule has 11 rings (SSSR count). The van der Waals surface area contributed by atoms with Crippen LogP contribution in [0.2, 0.25) is 0 Å². The van der Waals surface area contributed by atoms with E-state index in [4.69, 9.17) is 28.9 Å². The summed E-state index contributed by atoms with van der Waals surface area (Å²) in [5.74, 6) is -0.247. The molecule has 2 saturated heterocycles. The van der Waals surface area contributed by atoms with Crippen LogP contribution in [0, 0.1) is 17.8 Å². The maximum Gasteiger partial charge on any atom is 0.260 e. The van der Waals surface area contributed by atoms with E-state index in [0.717, 1.165) is 74.1 Å². The van der Waals surface area contributed by atoms with Crippen molar-refractivity contribution in [1.82, 2.24) is 30.2 Å². The molecular weight excluding hydrogens is 1190 g/mol. The van der Waals surface area contributed by atoms with Gasteiger partial charge in [0.25, 0.3) is 11.8 Å². The average Bonchev–Trinajstić information content (AvgIpc) is 1.63. The van der Waals surface area contributed by atoms with Gasteiger partial charge in [-0.1, -0.05) is 83.1 Å². The first-order chi connectivity index (χ1) is 45.5. The van der Waals surface area contributed by atoms with E-state index < -0.39 is 23.9 Å². The molecule has 6 aliphatic heterocycles. The van der Waals surface area contributed by atoms with Crippen LogP contribution in [0.5, 0.6) is 23.0 Å². The number of fused-ring (bicyclic) bond motifs is 4. The van der Waals surface area contributed by atoms with Crippen LogP contribution in [0.4, 0.5) is 22.7 Å². The molecule has 7 aliphatic rings. The zero-order valence-electron chi connectivity index (χ0n) is 55.2. The Morgan fingerprint density at radius 3 is 1.69 bits per heavy atom. The third kappa shape index (κ3) is 15.5. The van der Waals surface area contributed by atoms with Crippen molar-refractivity contribution in [2.75, 3.05) is 77.4 Å². The molecule has 21 heteroatoms. The van der Waals surface area contributed by atoms with E-state index in [0.29, 0.717) is 103 Å². The average molecular weight is 1280 g/mol. The van der Waals surface area contributed by atoms with Gasteiger partial charge in [0.2, 0.25) is 29.5 Å². The number of likely N-dealkylation sites (N-methyl/N-ethyl adjacent to an activating group) is 1. The largest absolute Gasteiger partial charge is 0.493 e. The van der Waals surface area contributed by atoms with Gasteiger partial charge in [0.05, 0.1) is 67.9 Å². The number of anilines is 2. The van der Waals surface area contributed by atoms with Crippen LogP contribution in [0.1, 0.15) is 155 Å². The van der Waals surface area contributed by atoms with Crippen LogP contribution in [-0.4, -0.2) is 165 Å². The minimum absolute atomic E-state index is 0.0280. The number of piperazine rings is 1. The summed E-state index contributed by atoms with van der Waals surface area (Å²) in [6.45, 7) is 10.2. The molecular formula is C73H90N10O11. The van der Waals surface area contributed by atoms with Crippen LogP contribution in [-0.2, 0) is 24.0 Å². The Hall–Kier alpha value is -8.85. The monoisotopic (exact) mass is 1280 g/mol. The Bertz CT molecular complexity index is 3580. The number of methoxy groups -OCH3 is 2. The van der Waals surface area contributed by atoms with Gasteiger partial charge in [-0.05, 0) is 110 Å². The number of hydrogen-bond acceptors (Lipinski definition) is 15. The van der Waals surface area contributed by atoms with Crippen molar-refractivity contribution in [2.24, 2.45) is 27.7 Å². The third-order valence-corrected chi connectivity index (χ3v) is 19.4. The molecule has 5 atom stereocenters. The number of amides is 7. The van der Waals surface area contributed by atoms with Crippen molar-refractivity contribution < 1.29 is 52.5 Å². The van der Waals surface area contributed by atoms with E-state index in [1.165, 1.54) is 43.4 Å². The Morgan fingerprint density at radius 1 is 0.606 bits per heavy atom. The summed E-state index contributed by atoms with van der Waals surface area (Å²) in [4.78, 5) is 114. The molecule has 1 aliphatic carbocycles. The second-order valence-electron chi connectivity index (χ2n) is 26.3. The number of carbonyl (C=O) groups excluding carboxylic acids is 7. The molecule has 3 N–H and O–H groups in total. The molecule has 4 aromatic rings. The second-order valence-corrected chi connectivity index (χ2v) is 26.3. The van der Waals surface area contributed by atoms with Gasteiger partial charge in [0.1, 0.15) is 12.1 Å². The van der Waals surface area contributed by atoms with Crippen molar-refractivity contribution in [1.29, 1.82) is 0 Å². The molecule has 4 aromatic carbocycles. The SMILES string of the molecule is COc1cc2c(cc1OCCCOc1cc3c(cc1OC)C(=O)N1C=C(c4ccc(N5CCN(C)CC5)cc4)C[C@H]1C=N3)N=C[C@@H]1CC(c3ccc(NC(=O)[C@H](C)NC(=O)C(NC(=O)CCCCCN4C(=O)CC(C5CCCCCCCC5)C4=O)C(C)C)cc3)=CN1C2=O. The fourth-order valence-corrected chi connectivity index (χ4v) is 13.8. The number of nitrogens with zero attached hydrogens (tertiary/aromatic N) is 7. The van der Waals surface area contributed by atoms with Crippen molar-refractivity contribution in [3.8, 4) is 23.0 Å². The van der Waals surface area contributed by atoms with Gasteiger partial charge < -0.3 is 54.5 Å². The van der Waals surface area contributed by atoms with Crippen molar-refractivity contribution >= 4 is 87.7 Å². The highest BCUT2D eigenvalue weighted by atomic mass is 16.5. The van der Waals surface area contributed by atoms with Gasteiger partial charge in [-0.25, -0.2) is 0 Å². The predicted octanol–water partition coefficient (Wildman–Crippen LogP) is 10.5. The highest BCUT2D eigenvalue weighted by molar-refractivity contribution is 6.07. The molecule has 498 valence electrons. The zero-order chi connectivity index (χ0) is 66.0. The number of rotatable bonds is 24. The van der Waals surface area contributed by atoms with Crippen LogP contribution in [0.25, 0.3) is 11.1 Å². The first kappa shape index (κ1) is 66.6. The molecule has 0 radical (unpaired) electrons. The summed E-state index contributed by atoms with van der Waals surface area (Å²) >= 11 is 0. The van der Waals surface area contributed by atoms with Gasteiger partial charge >= 0.3 is 0 Å². The van der Waals surface area contributed by atoms with Gasteiger partial charge in [-0.15, -0.1) is 0 Å². The lowest BCUT2D eigenvalue weighted by Gasteiger charge is -2.34. The molecule has 3 fully saturated rings. The van der Waals surface area contributed by atoms with Crippen LogP contribution in [0.15, 0.2) is 95.2 Å². The summed E-state index contributed by atoms with van der Waals surface area (Å²) in [6.07, 6.45) is 20.4. The maximum absolute atomic E-state index is 14.2. The van der Waals surface area contributed by atoms with E-state index >= 15 is 0 Å². The van der Waals surface area contributed by atoms with Gasteiger partial charge in [-0.2, -0.15) is 0 Å². The maximum atomic E-state index is 14.2. The highest BCUT2D eigenvalue weighted by Crippen LogP contribution is 2.43. The van der Waals surface area contributed by atoms with Crippen molar-refractivity contribution in [3.63, 3.8) is 0 Å². The van der Waals surface area contributed by atoms with Crippen LogP contribution >= 0.6 is 0 Å². The Morgan fingerprint density at radius 2 is 1.15 bits per heavy atom. The zero-order valence-corrected chi connectivity index (χ0v) is 55.2. The Balaban J connectivity index is 0.614. The predicted molar refractivity (Wildman–Crippen MR) is 362 cm³/mol. The lowest BCUT2D eigenvalue weighted by molar-refractivity contribution is -0.140. The molecule has 94 heavy (non-hydrogen) atoms. The summed E-state index contributed by atoms with van der Waals surface area (Å²) in [5, 5.41) is 8.49. The molecule has 0 aromatic heterocycles. The molecule has 6 heterocycles. The van der Waals surface area contributed by atoms with E-state index in [9.17, 15) is 33.6 Å². The summed E-state index contributed by atoms with van der Waals surface area (Å²) < 4.78 is 23.9. The highest BCUT2D eigenvalue weighted by Gasteiger charge is 2.42. The number of unbranched alkanes of at least 4 members (excludes halogenated alkanes) is 2. The lowest BCUT2D eigenvalue weighted by atomic mass is 9.83. The molecule has 0 spiro atoms. The van der Waals surface area contributed by atoms with Crippen molar-refractivity contribution in [3.05, 3.63) is 107 Å². The smallest absolute Gasteiger partial charge is 0.260 e. The van der Waals surface area contributed by atoms with E-state index in [1.54, 1.807) is 66.4 Å². The first-order valence-electron chi connectivity index (χ1n) is 33.8. The fourth-order valence-electron chi connectivity index (χ4n) is 13.8. The number of aliphatic imine (C=N–C) groups is 2. The standard InChI is InChI=1S/C73H90N10O11/c1-46(2)68(78-66(84)19-14-11-15-28-81-67(85)39-57(71(81)88)50-17-12-9-7-8-10-13-18-50)70(87)76-47(3)69(86)77-53-24-20-48(21-25-53)51-35-55-42-74-60-40-64(62(91-5)37-58(60)72(89)82(55)44-51)93-33-16-34-94-65-41-61-59(38-63(65)92-6)73(90)83-45-52(36-56(83)43-75-61)49-22-26-54(27-23-49)80-31-29-79(4)30-32-80/h20-27,37-38,40-47,50,55-57,68H,7-19,28-36,39H2,1-6H3,(H,76,87)(H,77,86)(H,78,84)/t47-,55-,56-,57?,68?/m0/s1. The van der Waals surface area contributed by atoms with Crippen molar-refractivity contribution in [2.45, 2.75) is 148 Å². The summed E-state index contributed by atoms with van der Waals surface area (Å²) in [7, 11) is 5.21. The lowest BCUT2D eigenvalue weighted by Crippen LogP contribution is -2.53. The quantitative estimate of drug-likeness (QED) is 0.0438. The topological polar surface area (TPSA) is 233 Å². The van der Waals surface area contributed by atoms with Gasteiger partial charge in [0.15, 0.2) is 23.0 Å². The number of ether oxygens (including phenoxy) is 4. The minimum atomic E-state index is -0.924. The number of hydrogen-bond donors (Lipinski definition) is 3. The minimum Gasteiger partial charge on any atom is -0.493 e. The van der Waals surface area contributed by atoms with Crippen LogP contribution in [0.3, 0.4) is 0 Å². The Labute approximate surface area is 551 Å².